The van der Waals surface area contributed by atoms with Crippen molar-refractivity contribution in [2.75, 3.05) is 13.1 Å². The molecule has 0 aliphatic carbocycles. The van der Waals surface area contributed by atoms with E-state index in [1.807, 2.05) is 24.0 Å². The van der Waals surface area contributed by atoms with Crippen molar-refractivity contribution in [2.24, 2.45) is 0 Å². The van der Waals surface area contributed by atoms with Gasteiger partial charge in [-0.25, -0.2) is 4.79 Å². The molecule has 1 fully saturated rings. The molecular formula is C18H26N2O3. The van der Waals surface area contributed by atoms with Crippen molar-refractivity contribution in [3.05, 3.63) is 35.4 Å². The lowest BCUT2D eigenvalue weighted by Crippen LogP contribution is -2.58. The summed E-state index contributed by atoms with van der Waals surface area (Å²) in [6.07, 6.45) is 1.50. The molecular weight excluding hydrogens is 292 g/mol. The van der Waals surface area contributed by atoms with Gasteiger partial charge in [0.15, 0.2) is 0 Å². The topological polar surface area (TPSA) is 60.9 Å². The van der Waals surface area contributed by atoms with E-state index in [4.69, 9.17) is 5.11 Å². The Hall–Kier alpha value is -1.88. The van der Waals surface area contributed by atoms with Gasteiger partial charge in [-0.15, -0.1) is 0 Å². The van der Waals surface area contributed by atoms with Crippen LogP contribution >= 0.6 is 0 Å². The molecule has 1 saturated heterocycles. The number of nitrogens with zero attached hydrogens (tertiary/aromatic N) is 2. The van der Waals surface area contributed by atoms with Crippen molar-refractivity contribution in [1.82, 2.24) is 9.80 Å². The van der Waals surface area contributed by atoms with Gasteiger partial charge in [0, 0.05) is 38.1 Å². The van der Waals surface area contributed by atoms with Crippen molar-refractivity contribution in [1.29, 1.82) is 0 Å². The van der Waals surface area contributed by atoms with Crippen LogP contribution in [-0.4, -0.2) is 52.0 Å². The maximum atomic E-state index is 12.2. The number of carbonyl (C=O) groups is 2. The minimum Gasteiger partial charge on any atom is -0.478 e. The Morgan fingerprint density at radius 1 is 1.13 bits per heavy atom. The first-order valence-electron chi connectivity index (χ1n) is 8.28. The van der Waals surface area contributed by atoms with Gasteiger partial charge >= 0.3 is 5.97 Å². The van der Waals surface area contributed by atoms with Crippen LogP contribution in [0, 0.1) is 0 Å². The normalized spacial score (nSPS) is 22.1. The number of aromatic carboxylic acids is 1. The number of carbonyl (C=O) groups excluding carboxylic acids is 1. The van der Waals surface area contributed by atoms with E-state index < -0.39 is 5.97 Å². The van der Waals surface area contributed by atoms with Crippen molar-refractivity contribution < 1.29 is 14.7 Å². The molecule has 5 heteroatoms. The van der Waals surface area contributed by atoms with E-state index in [9.17, 15) is 9.59 Å². The zero-order valence-electron chi connectivity index (χ0n) is 14.2. The monoisotopic (exact) mass is 318 g/mol. The van der Waals surface area contributed by atoms with E-state index in [1.54, 1.807) is 12.1 Å². The Labute approximate surface area is 137 Å². The third-order valence-electron chi connectivity index (χ3n) is 4.35. The van der Waals surface area contributed by atoms with Gasteiger partial charge in [-0.1, -0.05) is 19.1 Å². The lowest BCUT2D eigenvalue weighted by Gasteiger charge is -2.44. The Morgan fingerprint density at radius 2 is 1.70 bits per heavy atom. The number of carboxylic acids is 1. The molecule has 0 saturated carbocycles. The second-order valence-corrected chi connectivity index (χ2v) is 6.45. The molecule has 0 radical (unpaired) electrons. The minimum atomic E-state index is -0.901. The molecule has 1 heterocycles. The molecule has 1 aliphatic heterocycles. The van der Waals surface area contributed by atoms with Crippen molar-refractivity contribution in [2.45, 2.75) is 52.2 Å². The summed E-state index contributed by atoms with van der Waals surface area (Å²) in [5.74, 6) is -0.653. The van der Waals surface area contributed by atoms with Gasteiger partial charge in [-0.2, -0.15) is 0 Å². The number of benzene rings is 1. The fourth-order valence-corrected chi connectivity index (χ4v) is 3.41. The van der Waals surface area contributed by atoms with Crippen molar-refractivity contribution in [3.63, 3.8) is 0 Å². The highest BCUT2D eigenvalue weighted by Gasteiger charge is 2.32. The molecule has 1 amide bonds. The third-order valence-corrected chi connectivity index (χ3v) is 4.35. The summed E-state index contributed by atoms with van der Waals surface area (Å²) < 4.78 is 0. The van der Waals surface area contributed by atoms with E-state index in [-0.39, 0.29) is 18.0 Å². The van der Waals surface area contributed by atoms with Gasteiger partial charge in [-0.3, -0.25) is 9.69 Å². The van der Waals surface area contributed by atoms with Crippen LogP contribution in [0.1, 0.15) is 49.5 Å². The van der Waals surface area contributed by atoms with E-state index in [0.29, 0.717) is 12.0 Å². The summed E-state index contributed by atoms with van der Waals surface area (Å²) in [5, 5.41) is 8.94. The van der Waals surface area contributed by atoms with Crippen LogP contribution in [0.25, 0.3) is 0 Å². The maximum absolute atomic E-state index is 12.2. The van der Waals surface area contributed by atoms with Gasteiger partial charge < -0.3 is 10.0 Å². The second-order valence-electron chi connectivity index (χ2n) is 6.45. The first kappa shape index (κ1) is 17.5. The highest BCUT2D eigenvalue weighted by Crippen LogP contribution is 2.19. The van der Waals surface area contributed by atoms with Gasteiger partial charge in [0.25, 0.3) is 0 Å². The van der Waals surface area contributed by atoms with Crippen LogP contribution in [0.3, 0.4) is 0 Å². The average Bonchev–Trinajstić information content (AvgIpc) is 2.47. The molecule has 0 spiro atoms. The fraction of sp³-hybridized carbons (Fsp3) is 0.556. The third kappa shape index (κ3) is 4.32. The average molecular weight is 318 g/mol. The fourth-order valence-electron chi connectivity index (χ4n) is 3.41. The van der Waals surface area contributed by atoms with Crippen LogP contribution in [0.4, 0.5) is 0 Å². The largest absolute Gasteiger partial charge is 0.478 e. The molecule has 126 valence electrons. The van der Waals surface area contributed by atoms with Crippen LogP contribution in [0.5, 0.6) is 0 Å². The molecule has 2 rings (SSSR count). The summed E-state index contributed by atoms with van der Waals surface area (Å²) in [5.41, 5.74) is 1.41. The van der Waals surface area contributed by atoms with Crippen molar-refractivity contribution in [3.8, 4) is 0 Å². The number of amides is 1. The summed E-state index contributed by atoms with van der Waals surface area (Å²) in [6.45, 7) is 8.71. The standard InChI is InChI=1S/C18H26N2O3/c1-4-5-17(21)20-13(2)10-19(11-14(20)3)12-15-6-8-16(9-7-15)18(22)23/h6-9,13-14H,4-5,10-12H2,1-3H3,(H,22,23)/t13-,14+. The maximum Gasteiger partial charge on any atom is 0.335 e. The Morgan fingerprint density at radius 3 is 2.17 bits per heavy atom. The van der Waals surface area contributed by atoms with E-state index in [1.165, 1.54) is 0 Å². The van der Waals surface area contributed by atoms with Crippen LogP contribution in [-0.2, 0) is 11.3 Å². The molecule has 0 aromatic heterocycles. The van der Waals surface area contributed by atoms with Crippen LogP contribution in [0.2, 0.25) is 0 Å². The lowest BCUT2D eigenvalue weighted by atomic mass is 10.0. The number of piperazine rings is 1. The van der Waals surface area contributed by atoms with E-state index in [0.717, 1.165) is 31.6 Å². The predicted molar refractivity (Wildman–Crippen MR) is 89.4 cm³/mol. The molecule has 1 N–H and O–H groups in total. The summed E-state index contributed by atoms with van der Waals surface area (Å²) in [6, 6.07) is 7.44. The van der Waals surface area contributed by atoms with Gasteiger partial charge in [0.05, 0.1) is 5.56 Å². The molecule has 0 bridgehead atoms. The van der Waals surface area contributed by atoms with Gasteiger partial charge in [0.1, 0.15) is 0 Å². The highest BCUT2D eigenvalue weighted by atomic mass is 16.4. The first-order chi connectivity index (χ1) is 10.9. The number of hydrogen-bond donors (Lipinski definition) is 1. The summed E-state index contributed by atoms with van der Waals surface area (Å²) >= 11 is 0. The van der Waals surface area contributed by atoms with E-state index >= 15 is 0 Å². The number of hydrogen-bond acceptors (Lipinski definition) is 3. The van der Waals surface area contributed by atoms with E-state index in [2.05, 4.69) is 18.7 Å². The molecule has 0 unspecified atom stereocenters. The SMILES string of the molecule is CCCC(=O)N1[C@H](C)CN(Cc2ccc(C(=O)O)cc2)C[C@@H]1C. The highest BCUT2D eigenvalue weighted by molar-refractivity contribution is 5.87. The Kier molecular flexibility index (Phi) is 5.77. The molecule has 2 atom stereocenters. The van der Waals surface area contributed by atoms with Crippen LogP contribution in [0.15, 0.2) is 24.3 Å². The lowest BCUT2D eigenvalue weighted by molar-refractivity contribution is -0.139. The summed E-state index contributed by atoms with van der Waals surface area (Å²) in [4.78, 5) is 27.5. The molecule has 1 aliphatic rings. The quantitative estimate of drug-likeness (QED) is 0.906. The second kappa shape index (κ2) is 7.59. The summed E-state index contributed by atoms with van der Waals surface area (Å²) in [7, 11) is 0. The molecule has 23 heavy (non-hydrogen) atoms. The number of rotatable bonds is 5. The van der Waals surface area contributed by atoms with Gasteiger partial charge in [0.2, 0.25) is 5.91 Å². The smallest absolute Gasteiger partial charge is 0.335 e. The zero-order chi connectivity index (χ0) is 17.0. The van der Waals surface area contributed by atoms with Crippen molar-refractivity contribution >= 4 is 11.9 Å². The zero-order valence-corrected chi connectivity index (χ0v) is 14.2. The van der Waals surface area contributed by atoms with Gasteiger partial charge in [-0.05, 0) is 38.0 Å². The first-order valence-corrected chi connectivity index (χ1v) is 8.28. The number of carboxylic acid groups (broad SMARTS) is 1. The molecule has 1 aromatic carbocycles. The molecule has 1 aromatic rings. The van der Waals surface area contributed by atoms with Crippen LogP contribution < -0.4 is 0 Å². The molecule has 5 nitrogen and oxygen atoms in total. The minimum absolute atomic E-state index is 0.205. The Bertz CT molecular complexity index is 544. The Balaban J connectivity index is 1.98. The predicted octanol–water partition coefficient (Wildman–Crippen LogP) is 2.61.